The summed E-state index contributed by atoms with van der Waals surface area (Å²) in [7, 11) is -2.18. The van der Waals surface area contributed by atoms with Gasteiger partial charge in [-0.1, -0.05) is 24.3 Å². The largest absolute Gasteiger partial charge is 0.601 e. The van der Waals surface area contributed by atoms with E-state index in [4.69, 9.17) is 0 Å². The van der Waals surface area contributed by atoms with Gasteiger partial charge in [-0.3, -0.25) is 10.1 Å². The van der Waals surface area contributed by atoms with Crippen LogP contribution in [0, 0.1) is 10.1 Å². The average molecular weight is 324 g/mol. The number of hydrogen-bond donors (Lipinski definition) is 0. The second-order valence-corrected chi connectivity index (χ2v) is 6.53. The summed E-state index contributed by atoms with van der Waals surface area (Å²) in [6.07, 6.45) is 0. The molecule has 7 heteroatoms. The van der Waals surface area contributed by atoms with E-state index in [0.29, 0.717) is 5.39 Å². The zero-order chi connectivity index (χ0) is 15.9. The van der Waals surface area contributed by atoms with Crippen molar-refractivity contribution in [3.8, 4) is 10.4 Å². The van der Waals surface area contributed by atoms with Gasteiger partial charge >= 0.3 is 5.51 Å². The van der Waals surface area contributed by atoms with Crippen LogP contribution in [0.2, 0.25) is 0 Å². The van der Waals surface area contributed by atoms with E-state index in [9.17, 15) is 23.3 Å². The Hall–Kier alpha value is -2.41. The predicted molar refractivity (Wildman–Crippen MR) is 79.8 cm³/mol. The van der Waals surface area contributed by atoms with Gasteiger partial charge in [0.05, 0.1) is 4.92 Å². The first kappa shape index (κ1) is 14.5. The maximum absolute atomic E-state index is 13.5. The molecule has 0 saturated carbocycles. The quantitative estimate of drug-likeness (QED) is 0.348. The first-order chi connectivity index (χ1) is 10.4. The zero-order valence-electron chi connectivity index (χ0n) is 11.0. The van der Waals surface area contributed by atoms with Crippen LogP contribution in [0.25, 0.3) is 20.5 Å². The lowest BCUT2D eigenvalue weighted by atomic mass is 10.1. The Morgan fingerprint density at radius 2 is 1.64 bits per heavy atom. The molecular weight excluding hydrogens is 315 g/mol. The molecule has 0 aliphatic heterocycles. The van der Waals surface area contributed by atoms with Gasteiger partial charge in [-0.05, 0) is 18.2 Å². The number of benzene rings is 2. The number of nitrogens with zero attached hydrogens (tertiary/aromatic N) is 1. The third-order valence-corrected chi connectivity index (χ3v) is 5.30. The molecule has 1 heterocycles. The van der Waals surface area contributed by atoms with Gasteiger partial charge in [-0.15, -0.1) is 13.2 Å². The number of hydrogen-bond acceptors (Lipinski definition) is 2. The molecule has 1 unspecified atom stereocenters. The molecule has 3 rings (SSSR count). The van der Waals surface area contributed by atoms with E-state index in [0.717, 1.165) is 0 Å². The van der Waals surface area contributed by atoms with Crippen LogP contribution < -0.4 is 0 Å². The number of thiophene rings is 1. The van der Waals surface area contributed by atoms with Crippen molar-refractivity contribution in [1.29, 1.82) is 0 Å². The number of para-hydroxylation sites is 1. The highest BCUT2D eigenvalue weighted by atomic mass is 32.2. The molecule has 1 atom stereocenters. The fourth-order valence-electron chi connectivity index (χ4n) is 2.38. The van der Waals surface area contributed by atoms with Crippen LogP contribution in [0.3, 0.4) is 0 Å². The van der Waals surface area contributed by atoms with Crippen LogP contribution in [0.4, 0.5) is 18.9 Å². The summed E-state index contributed by atoms with van der Waals surface area (Å²) in [5.74, 6) is 0. The molecule has 0 fully saturated rings. The molecule has 0 saturated heterocycles. The zero-order valence-corrected chi connectivity index (χ0v) is 11.8. The van der Waals surface area contributed by atoms with Gasteiger partial charge in [0.2, 0.25) is 0 Å². The SMILES string of the molecule is O=[N+]([O-])c1ccccc1-c1cc2ccccc2[s+]1C(F)(F)F. The number of nitro groups is 1. The maximum atomic E-state index is 13.5. The van der Waals surface area contributed by atoms with Crippen molar-refractivity contribution in [2.45, 2.75) is 5.51 Å². The van der Waals surface area contributed by atoms with Gasteiger partial charge in [0, 0.05) is 17.5 Å². The average Bonchev–Trinajstić information content (AvgIpc) is 2.86. The highest BCUT2D eigenvalue weighted by Gasteiger charge is 2.49. The fourth-order valence-corrected chi connectivity index (χ4v) is 4.33. The van der Waals surface area contributed by atoms with Gasteiger partial charge in [-0.25, -0.2) is 0 Å². The van der Waals surface area contributed by atoms with Crippen molar-refractivity contribution in [2.75, 3.05) is 0 Å². The second-order valence-electron chi connectivity index (χ2n) is 4.57. The fraction of sp³-hybridized carbons (Fsp3) is 0.0667. The Labute approximate surface area is 125 Å². The van der Waals surface area contributed by atoms with Crippen molar-refractivity contribution >= 4 is 26.2 Å². The van der Waals surface area contributed by atoms with Crippen LogP contribution in [-0.4, -0.2) is 4.92 Å². The maximum Gasteiger partial charge on any atom is 0.601 e. The van der Waals surface area contributed by atoms with E-state index < -0.39 is 20.9 Å². The minimum Gasteiger partial charge on any atom is -0.258 e. The monoisotopic (exact) mass is 324 g/mol. The summed E-state index contributed by atoms with van der Waals surface area (Å²) >= 11 is 0. The molecule has 2 aromatic carbocycles. The van der Waals surface area contributed by atoms with E-state index >= 15 is 0 Å². The normalized spacial score (nSPS) is 12.6. The first-order valence-corrected chi connectivity index (χ1v) is 7.47. The Balaban J connectivity index is 2.39. The van der Waals surface area contributed by atoms with Crippen LogP contribution >= 0.6 is 10.5 Å². The number of alkyl halides is 3. The molecule has 22 heavy (non-hydrogen) atoms. The number of halogens is 3. The van der Waals surface area contributed by atoms with Gasteiger partial charge in [0.25, 0.3) is 5.69 Å². The number of nitro benzene ring substituents is 1. The molecule has 0 spiro atoms. The Morgan fingerprint density at radius 3 is 2.32 bits per heavy atom. The highest BCUT2D eigenvalue weighted by Crippen LogP contribution is 2.55. The highest BCUT2D eigenvalue weighted by molar-refractivity contribution is 7.41. The summed E-state index contributed by atoms with van der Waals surface area (Å²) < 4.78 is 40.7. The minimum absolute atomic E-state index is 0.0179. The second kappa shape index (κ2) is 5.10. The van der Waals surface area contributed by atoms with E-state index in [2.05, 4.69) is 0 Å². The Kier molecular flexibility index (Phi) is 3.37. The Bertz CT molecular complexity index is 871. The molecule has 0 radical (unpaired) electrons. The van der Waals surface area contributed by atoms with Gasteiger partial charge in [0.15, 0.2) is 9.58 Å². The van der Waals surface area contributed by atoms with Crippen molar-refractivity contribution in [1.82, 2.24) is 0 Å². The summed E-state index contributed by atoms with van der Waals surface area (Å²) in [6.45, 7) is 0. The van der Waals surface area contributed by atoms with E-state index in [-0.39, 0.29) is 20.8 Å². The number of rotatable bonds is 2. The lowest BCUT2D eigenvalue weighted by Gasteiger charge is -2.01. The summed E-state index contributed by atoms with van der Waals surface area (Å²) in [5, 5.41) is 11.6. The predicted octanol–water partition coefficient (Wildman–Crippen LogP) is 5.64. The third-order valence-electron chi connectivity index (χ3n) is 3.24. The molecule has 0 aliphatic carbocycles. The van der Waals surface area contributed by atoms with Crippen molar-refractivity contribution < 1.29 is 18.1 Å². The van der Waals surface area contributed by atoms with Gasteiger partial charge < -0.3 is 0 Å². The lowest BCUT2D eigenvalue weighted by molar-refractivity contribution is -0.384. The summed E-state index contributed by atoms with van der Waals surface area (Å²) in [6, 6.07) is 13.1. The van der Waals surface area contributed by atoms with Crippen LogP contribution in [0.1, 0.15) is 0 Å². The molecular formula is C15H9F3NO2S+. The van der Waals surface area contributed by atoms with Crippen molar-refractivity contribution in [2.24, 2.45) is 0 Å². The van der Waals surface area contributed by atoms with E-state index in [1.54, 1.807) is 18.2 Å². The van der Waals surface area contributed by atoms with Gasteiger partial charge in [0.1, 0.15) is 16.0 Å². The standard InChI is InChI=1S/C15H9F3NO2S/c16-15(17,18)22-13-8-4-1-5-10(13)9-14(22)11-6-2-3-7-12(11)19(20)21/h1-9H/q+1. The first-order valence-electron chi connectivity index (χ1n) is 6.25. The molecule has 0 N–H and O–H groups in total. The van der Waals surface area contributed by atoms with E-state index in [1.165, 1.54) is 36.4 Å². The van der Waals surface area contributed by atoms with Crippen LogP contribution in [0.5, 0.6) is 0 Å². The molecule has 112 valence electrons. The molecule has 3 aromatic rings. The summed E-state index contributed by atoms with van der Waals surface area (Å²) in [4.78, 5) is 10.4. The van der Waals surface area contributed by atoms with Crippen molar-refractivity contribution in [3.05, 3.63) is 64.7 Å². The smallest absolute Gasteiger partial charge is 0.258 e. The molecule has 0 bridgehead atoms. The van der Waals surface area contributed by atoms with Crippen LogP contribution in [-0.2, 0) is 5.51 Å². The molecule has 1 aromatic heterocycles. The van der Waals surface area contributed by atoms with Crippen molar-refractivity contribution in [3.63, 3.8) is 0 Å². The van der Waals surface area contributed by atoms with Crippen LogP contribution in [0.15, 0.2) is 54.6 Å². The number of fused-ring (bicyclic) bond motifs is 1. The molecule has 0 amide bonds. The minimum atomic E-state index is -4.48. The van der Waals surface area contributed by atoms with Gasteiger partial charge in [-0.2, -0.15) is 0 Å². The molecule has 3 nitrogen and oxygen atoms in total. The molecule has 0 aliphatic rings. The lowest BCUT2D eigenvalue weighted by Crippen LogP contribution is -1.98. The Morgan fingerprint density at radius 1 is 1.00 bits per heavy atom. The third kappa shape index (κ3) is 2.33. The topological polar surface area (TPSA) is 43.1 Å². The van der Waals surface area contributed by atoms with E-state index in [1.807, 2.05) is 0 Å². The summed E-state index contributed by atoms with van der Waals surface area (Å²) in [5.41, 5.74) is -4.78.